The van der Waals surface area contributed by atoms with Crippen molar-refractivity contribution in [2.45, 2.75) is 12.8 Å². The number of hydrogen-bond acceptors (Lipinski definition) is 5. The number of rotatable bonds is 1. The zero-order chi connectivity index (χ0) is 12.8. The Morgan fingerprint density at radius 1 is 1.32 bits per heavy atom. The topological polar surface area (TPSA) is 69.1 Å². The first kappa shape index (κ1) is 10.5. The molecule has 1 amide bonds. The minimum atomic E-state index is 0.0105. The molecule has 0 bridgehead atoms. The van der Waals surface area contributed by atoms with Gasteiger partial charge in [0.1, 0.15) is 13.0 Å². The molecule has 19 heavy (non-hydrogen) atoms. The van der Waals surface area contributed by atoms with Crippen LogP contribution in [-0.2, 0) is 11.2 Å². The van der Waals surface area contributed by atoms with Crippen LogP contribution < -0.4 is 15.9 Å². The normalized spacial score (nSPS) is 23.6. The predicted molar refractivity (Wildman–Crippen MR) is 71.9 cm³/mol. The van der Waals surface area contributed by atoms with E-state index in [1.54, 1.807) is 6.34 Å². The maximum atomic E-state index is 11.4. The van der Waals surface area contributed by atoms with Crippen LogP contribution in [0.2, 0.25) is 0 Å². The van der Waals surface area contributed by atoms with Gasteiger partial charge in [-0.2, -0.15) is 5.10 Å². The molecule has 4 rings (SSSR count). The molecule has 96 valence electrons. The zero-order valence-electron chi connectivity index (χ0n) is 10.3. The van der Waals surface area contributed by atoms with Crippen LogP contribution in [0, 0.1) is 5.92 Å². The van der Waals surface area contributed by atoms with Crippen LogP contribution in [0.25, 0.3) is 0 Å². The number of fused-ring (bicyclic) bond motifs is 3. The van der Waals surface area contributed by atoms with Crippen molar-refractivity contribution in [2.24, 2.45) is 16.0 Å². The highest BCUT2D eigenvalue weighted by Crippen LogP contribution is 2.33. The lowest BCUT2D eigenvalue weighted by molar-refractivity contribution is -0.121. The monoisotopic (exact) mass is 255 g/mol. The summed E-state index contributed by atoms with van der Waals surface area (Å²) in [6.45, 7) is 0.628. The van der Waals surface area contributed by atoms with Gasteiger partial charge in [0.05, 0.1) is 11.4 Å². The number of anilines is 1. The first-order valence-electron chi connectivity index (χ1n) is 6.33. The SMILES string of the molecule is O=C1CC2Cc3cc(N4CN=CN4)ccc3C2=NN1. The van der Waals surface area contributed by atoms with Crippen molar-refractivity contribution < 1.29 is 4.79 Å². The van der Waals surface area contributed by atoms with Crippen molar-refractivity contribution in [1.82, 2.24) is 10.9 Å². The number of amides is 1. The summed E-state index contributed by atoms with van der Waals surface area (Å²) in [5, 5.41) is 6.18. The first-order chi connectivity index (χ1) is 9.31. The van der Waals surface area contributed by atoms with Crippen molar-refractivity contribution in [3.8, 4) is 0 Å². The van der Waals surface area contributed by atoms with E-state index < -0.39 is 0 Å². The number of hydrazine groups is 1. The van der Waals surface area contributed by atoms with Crippen LogP contribution in [0.15, 0.2) is 28.3 Å². The van der Waals surface area contributed by atoms with E-state index in [1.165, 1.54) is 5.56 Å². The van der Waals surface area contributed by atoms with Crippen molar-refractivity contribution in [3.05, 3.63) is 29.3 Å². The van der Waals surface area contributed by atoms with E-state index in [-0.39, 0.29) is 11.8 Å². The van der Waals surface area contributed by atoms with Crippen LogP contribution in [0.1, 0.15) is 17.5 Å². The molecule has 2 aliphatic heterocycles. The number of nitrogens with zero attached hydrogens (tertiary/aromatic N) is 3. The number of benzene rings is 1. The van der Waals surface area contributed by atoms with Gasteiger partial charge in [-0.25, -0.2) is 5.43 Å². The Kier molecular flexibility index (Phi) is 2.11. The highest BCUT2D eigenvalue weighted by atomic mass is 16.2. The van der Waals surface area contributed by atoms with E-state index >= 15 is 0 Å². The summed E-state index contributed by atoms with van der Waals surface area (Å²) in [5.41, 5.74) is 10.2. The fourth-order valence-corrected chi connectivity index (χ4v) is 2.89. The lowest BCUT2D eigenvalue weighted by Gasteiger charge is -2.17. The molecule has 6 nitrogen and oxygen atoms in total. The molecule has 1 unspecified atom stereocenters. The lowest BCUT2D eigenvalue weighted by Crippen LogP contribution is -2.31. The number of hydrogen-bond donors (Lipinski definition) is 2. The predicted octanol–water partition coefficient (Wildman–Crippen LogP) is 0.393. The van der Waals surface area contributed by atoms with Crippen molar-refractivity contribution in [1.29, 1.82) is 0 Å². The van der Waals surface area contributed by atoms with Crippen LogP contribution in [0.5, 0.6) is 0 Å². The zero-order valence-corrected chi connectivity index (χ0v) is 10.3. The summed E-state index contributed by atoms with van der Waals surface area (Å²) >= 11 is 0. The Bertz CT molecular complexity index is 613. The average molecular weight is 255 g/mol. The molecule has 0 fully saturated rings. The second kappa shape index (κ2) is 3.81. The summed E-state index contributed by atoms with van der Waals surface area (Å²) in [6.07, 6.45) is 3.12. The molecule has 3 aliphatic rings. The molecule has 0 aromatic heterocycles. The number of carbonyl (C=O) groups is 1. The molecule has 0 saturated heterocycles. The molecule has 1 atom stereocenters. The van der Waals surface area contributed by atoms with E-state index in [4.69, 9.17) is 0 Å². The van der Waals surface area contributed by atoms with E-state index in [0.717, 1.165) is 23.4 Å². The smallest absolute Gasteiger partial charge is 0.240 e. The largest absolute Gasteiger partial charge is 0.286 e. The molecule has 1 aromatic rings. The van der Waals surface area contributed by atoms with Crippen LogP contribution in [-0.4, -0.2) is 24.6 Å². The van der Waals surface area contributed by atoms with Gasteiger partial charge in [-0.15, -0.1) is 0 Å². The highest BCUT2D eigenvalue weighted by Gasteiger charge is 2.33. The quantitative estimate of drug-likeness (QED) is 0.763. The van der Waals surface area contributed by atoms with Crippen LogP contribution >= 0.6 is 0 Å². The standard InChI is InChI=1S/C13H13N5O/c19-12-5-9-3-8-4-10(18-7-14-6-15-18)1-2-11(8)13(9)17-16-12/h1-2,4,6,9H,3,5,7H2,(H,14,15)(H,16,19). The molecule has 0 spiro atoms. The molecular formula is C13H13N5O. The summed E-state index contributed by atoms with van der Waals surface area (Å²) in [5.74, 6) is 0.248. The summed E-state index contributed by atoms with van der Waals surface area (Å²) in [7, 11) is 0. The average Bonchev–Trinajstić information content (AvgIpc) is 3.04. The molecule has 1 aliphatic carbocycles. The van der Waals surface area contributed by atoms with E-state index in [2.05, 4.69) is 39.1 Å². The second-order valence-corrected chi connectivity index (χ2v) is 4.99. The molecule has 6 heteroatoms. The first-order valence-corrected chi connectivity index (χ1v) is 6.33. The van der Waals surface area contributed by atoms with Gasteiger partial charge in [0.25, 0.3) is 0 Å². The Morgan fingerprint density at radius 3 is 3.11 bits per heavy atom. The minimum absolute atomic E-state index is 0.0105. The van der Waals surface area contributed by atoms with Gasteiger partial charge < -0.3 is 0 Å². The Balaban J connectivity index is 1.69. The van der Waals surface area contributed by atoms with E-state index in [1.807, 2.05) is 5.01 Å². The summed E-state index contributed by atoms with van der Waals surface area (Å²) < 4.78 is 0. The van der Waals surface area contributed by atoms with Gasteiger partial charge in [0.15, 0.2) is 0 Å². The van der Waals surface area contributed by atoms with Gasteiger partial charge in [-0.05, 0) is 24.1 Å². The number of carbonyl (C=O) groups excluding carboxylic acids is 1. The highest BCUT2D eigenvalue weighted by molar-refractivity contribution is 6.09. The molecule has 0 saturated carbocycles. The maximum absolute atomic E-state index is 11.4. The van der Waals surface area contributed by atoms with Crippen molar-refractivity contribution in [3.63, 3.8) is 0 Å². The molecular weight excluding hydrogens is 242 g/mol. The lowest BCUT2D eigenvalue weighted by atomic mass is 9.99. The summed E-state index contributed by atoms with van der Waals surface area (Å²) in [4.78, 5) is 15.5. The van der Waals surface area contributed by atoms with Gasteiger partial charge >= 0.3 is 0 Å². The maximum Gasteiger partial charge on any atom is 0.240 e. The van der Waals surface area contributed by atoms with Gasteiger partial charge in [-0.1, -0.05) is 6.07 Å². The van der Waals surface area contributed by atoms with Gasteiger partial charge in [0, 0.05) is 17.9 Å². The number of aliphatic imine (C=N–C) groups is 1. The third-order valence-corrected chi connectivity index (χ3v) is 3.79. The van der Waals surface area contributed by atoms with Crippen molar-refractivity contribution >= 4 is 23.6 Å². The molecule has 2 N–H and O–H groups in total. The fourth-order valence-electron chi connectivity index (χ4n) is 2.89. The van der Waals surface area contributed by atoms with Crippen LogP contribution in [0.4, 0.5) is 5.69 Å². The third kappa shape index (κ3) is 1.60. The van der Waals surface area contributed by atoms with Gasteiger partial charge in [0.2, 0.25) is 5.91 Å². The van der Waals surface area contributed by atoms with E-state index in [9.17, 15) is 4.79 Å². The van der Waals surface area contributed by atoms with Gasteiger partial charge in [-0.3, -0.25) is 20.2 Å². The fraction of sp³-hybridized carbons (Fsp3) is 0.308. The Labute approximate surface area is 110 Å². The Morgan fingerprint density at radius 2 is 2.26 bits per heavy atom. The van der Waals surface area contributed by atoms with Crippen molar-refractivity contribution in [2.75, 3.05) is 11.7 Å². The third-order valence-electron chi connectivity index (χ3n) is 3.79. The molecule has 2 heterocycles. The second-order valence-electron chi connectivity index (χ2n) is 4.99. The molecule has 0 radical (unpaired) electrons. The van der Waals surface area contributed by atoms with E-state index in [0.29, 0.717) is 13.1 Å². The minimum Gasteiger partial charge on any atom is -0.286 e. The van der Waals surface area contributed by atoms with Crippen LogP contribution in [0.3, 0.4) is 0 Å². The Hall–Kier alpha value is -2.37. The number of nitrogens with one attached hydrogen (secondary N) is 2. The summed E-state index contributed by atoms with van der Waals surface area (Å²) in [6, 6.07) is 6.30. The molecule has 1 aromatic carbocycles. The number of hydrazone groups is 1.